The Hall–Kier alpha value is -3.57. The lowest BCUT2D eigenvalue weighted by Crippen LogP contribution is -2.54. The molecule has 2 aromatic rings. The minimum atomic E-state index is -4.78. The van der Waals surface area contributed by atoms with Crippen molar-refractivity contribution >= 4 is 52.0 Å². The zero-order valence-corrected chi connectivity index (χ0v) is 21.3. The fourth-order valence-corrected chi connectivity index (χ4v) is 4.24. The second kappa shape index (κ2) is 10.4. The van der Waals surface area contributed by atoms with Crippen LogP contribution >= 0.6 is 22.6 Å². The van der Waals surface area contributed by atoms with Crippen LogP contribution in [0.3, 0.4) is 0 Å². The zero-order valence-electron chi connectivity index (χ0n) is 19.1. The summed E-state index contributed by atoms with van der Waals surface area (Å²) in [4.78, 5) is 38.7. The van der Waals surface area contributed by atoms with Crippen molar-refractivity contribution in [2.24, 2.45) is 4.99 Å². The van der Waals surface area contributed by atoms with Crippen molar-refractivity contribution in [2.75, 3.05) is 37.7 Å². The van der Waals surface area contributed by atoms with Gasteiger partial charge in [-0.05, 0) is 59.7 Å². The highest BCUT2D eigenvalue weighted by atomic mass is 127. The summed E-state index contributed by atoms with van der Waals surface area (Å²) in [5.74, 6) is -0.776. The van der Waals surface area contributed by atoms with Crippen molar-refractivity contribution in [1.29, 1.82) is 0 Å². The number of alkyl halides is 3. The summed E-state index contributed by atoms with van der Waals surface area (Å²) in [6.45, 7) is 1.11. The number of nitrogen functional groups attached to an aromatic ring is 2. The number of amides is 2. The Morgan fingerprint density at radius 2 is 1.76 bits per heavy atom. The highest BCUT2D eigenvalue weighted by molar-refractivity contribution is 14.1. The second-order valence-electron chi connectivity index (χ2n) is 8.35. The smallest absolute Gasteiger partial charge is 0.484 e. The number of guanidine groups is 1. The van der Waals surface area contributed by atoms with Gasteiger partial charge in [0.05, 0.1) is 5.54 Å². The summed E-state index contributed by atoms with van der Waals surface area (Å²) in [7, 11) is 0. The van der Waals surface area contributed by atoms with Gasteiger partial charge in [-0.25, -0.2) is 9.97 Å². The number of ether oxygens (including phenoxy) is 2. The third-order valence-electron chi connectivity index (χ3n) is 5.79. The quantitative estimate of drug-likeness (QED) is 0.352. The second-order valence-corrected chi connectivity index (χ2v) is 9.37. The zero-order chi connectivity index (χ0) is 26.8. The number of hydrogen-bond acceptors (Lipinski definition) is 8. The molecule has 2 saturated heterocycles. The van der Waals surface area contributed by atoms with Gasteiger partial charge in [-0.1, -0.05) is 0 Å². The Balaban J connectivity index is 1.27. The molecule has 0 unspecified atom stereocenters. The van der Waals surface area contributed by atoms with Crippen LogP contribution in [0.2, 0.25) is 0 Å². The number of likely N-dealkylation sites (tertiary alicyclic amines) is 1. The average Bonchev–Trinajstić information content (AvgIpc) is 3.21. The van der Waals surface area contributed by atoms with E-state index in [-0.39, 0.29) is 47.3 Å². The fourth-order valence-electron chi connectivity index (χ4n) is 3.87. The Bertz CT molecular complexity index is 1220. The third-order valence-corrected chi connectivity index (χ3v) is 6.59. The predicted octanol–water partition coefficient (Wildman–Crippen LogP) is 1.27. The number of nitrogens with two attached hydrogens (primary N) is 2. The van der Waals surface area contributed by atoms with Gasteiger partial charge in [-0.15, -0.1) is 13.2 Å². The number of carbonyl (C=O) groups is 2. The summed E-state index contributed by atoms with van der Waals surface area (Å²) >= 11 is 1.85. The Kier molecular flexibility index (Phi) is 7.47. The van der Waals surface area contributed by atoms with E-state index in [4.69, 9.17) is 16.2 Å². The topological polar surface area (TPSA) is 170 Å². The lowest BCUT2D eigenvalue weighted by molar-refractivity contribution is -0.274. The number of nitrogens with zero attached hydrogens (tertiary/aromatic N) is 4. The number of halogens is 4. The van der Waals surface area contributed by atoms with Crippen molar-refractivity contribution in [3.8, 4) is 11.5 Å². The molecule has 2 fully saturated rings. The lowest BCUT2D eigenvalue weighted by Gasteiger charge is -2.38. The van der Waals surface area contributed by atoms with E-state index in [1.54, 1.807) is 4.90 Å². The van der Waals surface area contributed by atoms with E-state index in [2.05, 4.69) is 30.3 Å². The van der Waals surface area contributed by atoms with Gasteiger partial charge in [0.2, 0.25) is 0 Å². The molecule has 2 amide bonds. The molecule has 2 aliphatic heterocycles. The summed E-state index contributed by atoms with van der Waals surface area (Å²) in [6, 6.07) is 4.80. The van der Waals surface area contributed by atoms with Gasteiger partial charge in [-0.2, -0.15) is 4.99 Å². The van der Waals surface area contributed by atoms with Crippen LogP contribution in [0.5, 0.6) is 11.5 Å². The maximum atomic E-state index is 12.6. The van der Waals surface area contributed by atoms with Crippen molar-refractivity contribution in [1.82, 2.24) is 25.5 Å². The first-order valence-electron chi connectivity index (χ1n) is 10.9. The normalized spacial score (nSPS) is 17.8. The van der Waals surface area contributed by atoms with E-state index >= 15 is 0 Å². The van der Waals surface area contributed by atoms with E-state index in [0.717, 1.165) is 12.1 Å². The number of nitrogens with one attached hydrogen (secondary N) is 2. The molecule has 1 aromatic carbocycles. The molecule has 12 nitrogen and oxygen atoms in total. The molecule has 2 aliphatic rings. The maximum Gasteiger partial charge on any atom is 0.573 e. The highest BCUT2D eigenvalue weighted by Gasteiger charge is 2.40. The van der Waals surface area contributed by atoms with Crippen LogP contribution in [0.25, 0.3) is 0 Å². The Labute approximate surface area is 222 Å². The van der Waals surface area contributed by atoms with Crippen LogP contribution < -0.4 is 31.6 Å². The largest absolute Gasteiger partial charge is 0.573 e. The van der Waals surface area contributed by atoms with Crippen molar-refractivity contribution in [3.63, 3.8) is 0 Å². The molecule has 0 atom stereocenters. The van der Waals surface area contributed by atoms with Gasteiger partial charge < -0.3 is 36.5 Å². The van der Waals surface area contributed by atoms with Crippen LogP contribution in [-0.4, -0.2) is 70.8 Å². The third kappa shape index (κ3) is 6.60. The molecule has 0 bridgehead atoms. The van der Waals surface area contributed by atoms with Crippen LogP contribution in [-0.2, 0) is 4.79 Å². The first-order chi connectivity index (χ1) is 17.4. The van der Waals surface area contributed by atoms with Crippen molar-refractivity contribution in [2.45, 2.75) is 24.7 Å². The maximum absolute atomic E-state index is 12.6. The first kappa shape index (κ1) is 26.5. The summed E-state index contributed by atoms with van der Waals surface area (Å²) < 4.78 is 46.3. The van der Waals surface area contributed by atoms with E-state index in [1.165, 1.54) is 12.1 Å². The molecule has 0 saturated carbocycles. The van der Waals surface area contributed by atoms with Gasteiger partial charge in [0.25, 0.3) is 5.91 Å². The van der Waals surface area contributed by atoms with Crippen LogP contribution in [0, 0.1) is 3.70 Å². The molecule has 198 valence electrons. The van der Waals surface area contributed by atoms with Gasteiger partial charge in [0.15, 0.2) is 29.9 Å². The monoisotopic (exact) mass is 634 g/mol. The van der Waals surface area contributed by atoms with Gasteiger partial charge in [0, 0.05) is 19.6 Å². The van der Waals surface area contributed by atoms with Crippen molar-refractivity contribution in [3.05, 3.63) is 33.7 Å². The molecule has 3 heterocycles. The van der Waals surface area contributed by atoms with Crippen LogP contribution in [0.4, 0.5) is 24.8 Å². The minimum absolute atomic E-state index is 0.0985. The molecular formula is C21H22F3IN8O4. The molecular weight excluding hydrogens is 612 g/mol. The molecule has 4 rings (SSSR count). The fraction of sp³-hybridized carbons (Fsp3) is 0.381. The van der Waals surface area contributed by atoms with Crippen LogP contribution in [0.1, 0.15) is 23.3 Å². The standard InChI is InChI=1S/C21H22F3IN8O4/c22-21(23,24)37-12-3-1-11(2-4-12)36-9-13(34)33-7-5-20(6-8-33)10-28-19(32-20)31-18(35)14-16(26)30-17(27)15(25)29-14/h1-4H,5-10H2,(H4,26,27,30)(H2,28,31,32,35). The number of carbonyl (C=O) groups excluding carboxylic acids is 2. The Morgan fingerprint density at radius 3 is 2.41 bits per heavy atom. The Morgan fingerprint density at radius 1 is 1.11 bits per heavy atom. The number of hydrogen-bond donors (Lipinski definition) is 4. The molecule has 1 aromatic heterocycles. The summed E-state index contributed by atoms with van der Waals surface area (Å²) in [5.41, 5.74) is 10.9. The first-order valence-corrected chi connectivity index (χ1v) is 12.0. The molecule has 37 heavy (non-hydrogen) atoms. The van der Waals surface area contributed by atoms with Gasteiger partial charge >= 0.3 is 12.3 Å². The number of aromatic nitrogens is 2. The summed E-state index contributed by atoms with van der Waals surface area (Å²) in [6.07, 6.45) is -3.61. The predicted molar refractivity (Wildman–Crippen MR) is 134 cm³/mol. The highest BCUT2D eigenvalue weighted by Crippen LogP contribution is 2.26. The SMILES string of the molecule is Nc1nc(N)c(C(=O)/N=C2\NCC3(CCN(C(=O)COc4ccc(OC(F)(F)F)cc4)CC3)N2)nc1I. The van der Waals surface area contributed by atoms with Crippen LogP contribution in [0.15, 0.2) is 29.3 Å². The minimum Gasteiger partial charge on any atom is -0.484 e. The van der Waals surface area contributed by atoms with Gasteiger partial charge in [-0.3, -0.25) is 9.59 Å². The molecule has 0 aliphatic carbocycles. The van der Waals surface area contributed by atoms with E-state index in [9.17, 15) is 22.8 Å². The number of aliphatic imine (C=N–C) groups is 1. The number of anilines is 2. The molecule has 6 N–H and O–H groups in total. The van der Waals surface area contributed by atoms with Gasteiger partial charge in [0.1, 0.15) is 15.2 Å². The number of benzene rings is 1. The van der Waals surface area contributed by atoms with E-state index < -0.39 is 17.8 Å². The van der Waals surface area contributed by atoms with E-state index in [0.29, 0.717) is 36.2 Å². The molecule has 16 heteroatoms. The average molecular weight is 634 g/mol. The van der Waals surface area contributed by atoms with E-state index in [1.807, 2.05) is 22.6 Å². The summed E-state index contributed by atoms with van der Waals surface area (Å²) in [5, 5.41) is 6.30. The lowest BCUT2D eigenvalue weighted by atomic mass is 9.88. The van der Waals surface area contributed by atoms with Crippen molar-refractivity contribution < 1.29 is 32.2 Å². The number of piperidine rings is 1. The number of rotatable bonds is 5. The molecule has 0 radical (unpaired) electrons. The molecule has 1 spiro atoms.